The van der Waals surface area contributed by atoms with E-state index in [2.05, 4.69) is 4.98 Å². The number of hydrogen-bond acceptors (Lipinski definition) is 2. The highest BCUT2D eigenvalue weighted by Gasteiger charge is 1.93. The van der Waals surface area contributed by atoms with E-state index in [4.69, 9.17) is 4.74 Å². The summed E-state index contributed by atoms with van der Waals surface area (Å²) in [5.41, 5.74) is 2.96. The number of hydrogen-bond donors (Lipinski definition) is 1. The Morgan fingerprint density at radius 1 is 1.05 bits per heavy atom. The van der Waals surface area contributed by atoms with E-state index in [0.717, 1.165) is 28.9 Å². The van der Waals surface area contributed by atoms with Crippen LogP contribution in [0.25, 0.3) is 0 Å². The van der Waals surface area contributed by atoms with Crippen molar-refractivity contribution in [3.05, 3.63) is 53.2 Å². The third-order valence-electron chi connectivity index (χ3n) is 2.43. The molecule has 3 nitrogen and oxygen atoms in total. The fourth-order valence-electron chi connectivity index (χ4n) is 1.37. The Hall–Kier alpha value is -2.03. The van der Waals surface area contributed by atoms with Crippen LogP contribution in [-0.4, -0.2) is 18.4 Å². The summed E-state index contributed by atoms with van der Waals surface area (Å²) < 4.78 is 4.93. The Morgan fingerprint density at radius 3 is 2.00 bits per heavy atom. The van der Waals surface area contributed by atoms with Crippen molar-refractivity contribution in [1.29, 1.82) is 0 Å². The minimum atomic E-state index is 0.775. The van der Waals surface area contributed by atoms with Crippen LogP contribution in [0.1, 0.15) is 35.3 Å². The highest BCUT2D eigenvalue weighted by atomic mass is 16.5. The summed E-state index contributed by atoms with van der Waals surface area (Å²) in [7, 11) is 1.65. The van der Waals surface area contributed by atoms with E-state index in [1.165, 1.54) is 0 Å². The molecule has 0 unspecified atom stereocenters. The smallest absolute Gasteiger partial charge is 0.193 e. The van der Waals surface area contributed by atoms with Crippen LogP contribution in [0, 0.1) is 13.8 Å². The molecule has 0 bridgehead atoms. The van der Waals surface area contributed by atoms with Gasteiger partial charge in [0.1, 0.15) is 6.29 Å². The lowest BCUT2D eigenvalue weighted by molar-refractivity contribution is 0.112. The first kappa shape index (κ1) is 17.0. The molecular formula is C16H23NO2. The van der Waals surface area contributed by atoms with Gasteiger partial charge in [0.15, 0.2) is 5.88 Å². The van der Waals surface area contributed by atoms with E-state index < -0.39 is 0 Å². The Morgan fingerprint density at radius 2 is 1.68 bits per heavy atom. The average Bonchev–Trinajstić information content (AvgIpc) is 2.88. The second-order valence-electron chi connectivity index (χ2n) is 3.67. The summed E-state index contributed by atoms with van der Waals surface area (Å²) in [6.45, 7) is 7.92. The van der Waals surface area contributed by atoms with Crippen LogP contribution < -0.4 is 4.74 Å². The topological polar surface area (TPSA) is 42.1 Å². The molecule has 0 radical (unpaired) electrons. The molecule has 3 heteroatoms. The molecule has 1 N–H and O–H groups in total. The number of carbonyl (C=O) groups excluding carboxylic acids is 1. The lowest BCUT2D eigenvalue weighted by Gasteiger charge is -1.93. The van der Waals surface area contributed by atoms with Gasteiger partial charge in [-0.05, 0) is 25.5 Å². The molecule has 0 spiro atoms. The van der Waals surface area contributed by atoms with E-state index in [1.807, 2.05) is 64.2 Å². The van der Waals surface area contributed by atoms with Gasteiger partial charge in [-0.25, -0.2) is 0 Å². The largest absolute Gasteiger partial charge is 0.482 e. The number of carbonyl (C=O) groups is 1. The fraction of sp³-hybridized carbons (Fsp3) is 0.312. The predicted molar refractivity (Wildman–Crippen MR) is 80.0 cm³/mol. The fourth-order valence-corrected chi connectivity index (χ4v) is 1.37. The van der Waals surface area contributed by atoms with Gasteiger partial charge in [-0.2, -0.15) is 0 Å². The molecule has 0 saturated carbocycles. The van der Waals surface area contributed by atoms with Crippen LogP contribution in [0.3, 0.4) is 0 Å². The van der Waals surface area contributed by atoms with Gasteiger partial charge in [0.2, 0.25) is 0 Å². The van der Waals surface area contributed by atoms with E-state index in [1.54, 1.807) is 7.11 Å². The molecule has 0 aliphatic heterocycles. The quantitative estimate of drug-likeness (QED) is 0.824. The Bertz CT molecular complexity index is 475. The third-order valence-corrected chi connectivity index (χ3v) is 2.43. The van der Waals surface area contributed by atoms with Gasteiger partial charge in [0.05, 0.1) is 7.11 Å². The van der Waals surface area contributed by atoms with Crippen molar-refractivity contribution in [1.82, 2.24) is 4.98 Å². The second-order valence-corrected chi connectivity index (χ2v) is 3.67. The van der Waals surface area contributed by atoms with Crippen LogP contribution in [0.15, 0.2) is 36.5 Å². The van der Waals surface area contributed by atoms with Crippen LogP contribution in [-0.2, 0) is 0 Å². The highest BCUT2D eigenvalue weighted by Crippen LogP contribution is 2.11. The number of ether oxygens (including phenoxy) is 1. The number of aryl methyl sites for hydroxylation is 2. The molecule has 0 fully saturated rings. The highest BCUT2D eigenvalue weighted by molar-refractivity contribution is 5.76. The number of benzene rings is 1. The summed E-state index contributed by atoms with van der Waals surface area (Å²) in [5.74, 6) is 0.852. The number of aromatic amines is 1. The van der Waals surface area contributed by atoms with Gasteiger partial charge in [0, 0.05) is 17.3 Å². The predicted octanol–water partition coefficient (Wildman–Crippen LogP) is 4.17. The van der Waals surface area contributed by atoms with Gasteiger partial charge >= 0.3 is 0 Å². The molecule has 1 aromatic carbocycles. The van der Waals surface area contributed by atoms with Crippen molar-refractivity contribution in [2.45, 2.75) is 27.7 Å². The van der Waals surface area contributed by atoms with Gasteiger partial charge in [-0.3, -0.25) is 4.79 Å². The van der Waals surface area contributed by atoms with Crippen molar-refractivity contribution < 1.29 is 9.53 Å². The van der Waals surface area contributed by atoms with E-state index in [9.17, 15) is 4.79 Å². The molecule has 0 aliphatic rings. The van der Waals surface area contributed by atoms with E-state index in [-0.39, 0.29) is 0 Å². The molecule has 1 heterocycles. The summed E-state index contributed by atoms with van der Waals surface area (Å²) in [6.07, 6.45) is 2.73. The number of aromatic nitrogens is 1. The van der Waals surface area contributed by atoms with Crippen LogP contribution in [0.5, 0.6) is 5.88 Å². The number of rotatable bonds is 2. The molecule has 2 rings (SSSR count). The molecule has 104 valence electrons. The third kappa shape index (κ3) is 5.91. The molecular weight excluding hydrogens is 238 g/mol. The maximum atomic E-state index is 10.2. The number of nitrogens with one attached hydrogen (secondary N) is 1. The molecule has 0 amide bonds. The first-order valence-corrected chi connectivity index (χ1v) is 6.37. The molecule has 0 atom stereocenters. The van der Waals surface area contributed by atoms with Crippen molar-refractivity contribution in [2.24, 2.45) is 0 Å². The van der Waals surface area contributed by atoms with Gasteiger partial charge in [0.25, 0.3) is 0 Å². The van der Waals surface area contributed by atoms with Crippen molar-refractivity contribution in [3.8, 4) is 5.88 Å². The second kappa shape index (κ2) is 9.95. The molecule has 1 aromatic heterocycles. The summed E-state index contributed by atoms with van der Waals surface area (Å²) >= 11 is 0. The van der Waals surface area contributed by atoms with Gasteiger partial charge < -0.3 is 9.72 Å². The zero-order valence-electron chi connectivity index (χ0n) is 12.4. The molecule has 19 heavy (non-hydrogen) atoms. The normalized spacial score (nSPS) is 8.47. The SMILES string of the molecule is CC.COc1[nH]ccc1C.Cc1ccccc1C=O. The standard InChI is InChI=1S/C8H8O.C6H9NO.C2H6/c1-7-4-2-3-5-8(7)6-9;1-5-3-4-7-6(5)8-2;1-2/h2-6H,1H3;3-4,7H,1-2H3;1-2H3. The molecule has 0 aliphatic carbocycles. The van der Waals surface area contributed by atoms with Crippen LogP contribution in [0.4, 0.5) is 0 Å². The van der Waals surface area contributed by atoms with Crippen molar-refractivity contribution in [2.75, 3.05) is 7.11 Å². The number of H-pyrrole nitrogens is 1. The lowest BCUT2D eigenvalue weighted by atomic mass is 10.1. The van der Waals surface area contributed by atoms with E-state index in [0.29, 0.717) is 0 Å². The van der Waals surface area contributed by atoms with Crippen molar-refractivity contribution >= 4 is 6.29 Å². The molecule has 2 aromatic rings. The lowest BCUT2D eigenvalue weighted by Crippen LogP contribution is -1.82. The van der Waals surface area contributed by atoms with Gasteiger partial charge in [-0.1, -0.05) is 38.1 Å². The molecule has 0 saturated heterocycles. The Balaban J connectivity index is 0.000000303. The summed E-state index contributed by atoms with van der Waals surface area (Å²) in [4.78, 5) is 13.2. The average molecular weight is 261 g/mol. The number of aldehydes is 1. The zero-order chi connectivity index (χ0) is 14.7. The minimum Gasteiger partial charge on any atom is -0.482 e. The number of methoxy groups -OCH3 is 1. The van der Waals surface area contributed by atoms with Crippen molar-refractivity contribution in [3.63, 3.8) is 0 Å². The summed E-state index contributed by atoms with van der Waals surface area (Å²) in [5, 5.41) is 0. The minimum absolute atomic E-state index is 0.775. The van der Waals surface area contributed by atoms with Crippen LogP contribution >= 0.6 is 0 Å². The van der Waals surface area contributed by atoms with E-state index >= 15 is 0 Å². The summed E-state index contributed by atoms with van der Waals surface area (Å²) in [6, 6.07) is 9.48. The van der Waals surface area contributed by atoms with Crippen LogP contribution in [0.2, 0.25) is 0 Å². The zero-order valence-corrected chi connectivity index (χ0v) is 12.4. The Labute approximate surface area is 115 Å². The van der Waals surface area contributed by atoms with Gasteiger partial charge in [-0.15, -0.1) is 0 Å². The maximum absolute atomic E-state index is 10.2. The Kier molecular flexibility index (Phi) is 8.88. The first-order chi connectivity index (χ1) is 9.19. The monoisotopic (exact) mass is 261 g/mol. The maximum Gasteiger partial charge on any atom is 0.193 e. The first-order valence-electron chi connectivity index (χ1n) is 6.37.